The molecule has 0 bridgehead atoms. The number of halogens is 1. The van der Waals surface area contributed by atoms with Gasteiger partial charge in [-0.15, -0.1) is 0 Å². The maximum atomic E-state index is 10.1. The number of nitrogens with zero attached hydrogens (tertiary/aromatic N) is 1. The Labute approximate surface area is 118 Å². The second-order valence-electron chi connectivity index (χ2n) is 5.41. The fraction of sp³-hybridized carbons (Fsp3) is 0.667. The van der Waals surface area contributed by atoms with Crippen LogP contribution in [-0.4, -0.2) is 16.2 Å². The standard InChI is InChI=1S/C15H22BrNO/c16-13-7-8-14(17-11-13)10-15(18)9-6-12-4-2-1-3-5-12/h7-8,11-12,15,18H,1-6,9-10H2. The molecule has 1 aromatic heterocycles. The number of hydrogen-bond donors (Lipinski definition) is 1. The van der Waals surface area contributed by atoms with Gasteiger partial charge in [0.05, 0.1) is 6.10 Å². The normalized spacial score (nSPS) is 18.8. The van der Waals surface area contributed by atoms with Crippen LogP contribution < -0.4 is 0 Å². The molecule has 0 aromatic carbocycles. The van der Waals surface area contributed by atoms with E-state index in [4.69, 9.17) is 0 Å². The summed E-state index contributed by atoms with van der Waals surface area (Å²) >= 11 is 3.37. The average Bonchev–Trinajstić information content (AvgIpc) is 2.40. The molecule has 2 rings (SSSR count). The Bertz CT molecular complexity index is 346. The minimum atomic E-state index is -0.236. The number of aromatic nitrogens is 1. The molecular formula is C15H22BrNO. The van der Waals surface area contributed by atoms with Gasteiger partial charge in [0.15, 0.2) is 0 Å². The molecule has 18 heavy (non-hydrogen) atoms. The second kappa shape index (κ2) is 7.25. The summed E-state index contributed by atoms with van der Waals surface area (Å²) in [6.45, 7) is 0. The van der Waals surface area contributed by atoms with Gasteiger partial charge in [-0.1, -0.05) is 32.1 Å². The maximum absolute atomic E-state index is 10.1. The van der Waals surface area contributed by atoms with Gasteiger partial charge in [0, 0.05) is 22.8 Å². The topological polar surface area (TPSA) is 33.1 Å². The summed E-state index contributed by atoms with van der Waals surface area (Å²) in [5.41, 5.74) is 0.981. The van der Waals surface area contributed by atoms with Gasteiger partial charge in [-0.3, -0.25) is 4.98 Å². The first-order chi connectivity index (χ1) is 8.74. The van der Waals surface area contributed by atoms with E-state index in [-0.39, 0.29) is 6.10 Å². The third-order valence-electron chi connectivity index (χ3n) is 3.87. The zero-order chi connectivity index (χ0) is 12.8. The van der Waals surface area contributed by atoms with E-state index >= 15 is 0 Å². The molecule has 0 amide bonds. The Kier molecular flexibility index (Phi) is 5.64. The van der Waals surface area contributed by atoms with Gasteiger partial charge in [-0.2, -0.15) is 0 Å². The molecule has 1 atom stereocenters. The predicted molar refractivity (Wildman–Crippen MR) is 77.5 cm³/mol. The van der Waals surface area contributed by atoms with Crippen molar-refractivity contribution in [3.05, 3.63) is 28.5 Å². The van der Waals surface area contributed by atoms with Crippen LogP contribution in [0.5, 0.6) is 0 Å². The summed E-state index contributed by atoms with van der Waals surface area (Å²) in [6, 6.07) is 3.96. The van der Waals surface area contributed by atoms with E-state index < -0.39 is 0 Å². The first kappa shape index (κ1) is 14.0. The summed E-state index contributed by atoms with van der Waals surface area (Å²) in [5, 5.41) is 10.1. The lowest BCUT2D eigenvalue weighted by molar-refractivity contribution is 0.148. The molecule has 1 aliphatic rings. The van der Waals surface area contributed by atoms with E-state index in [0.29, 0.717) is 6.42 Å². The van der Waals surface area contributed by atoms with Crippen LogP contribution in [0.15, 0.2) is 22.8 Å². The van der Waals surface area contributed by atoms with Crippen molar-refractivity contribution >= 4 is 15.9 Å². The van der Waals surface area contributed by atoms with E-state index in [1.807, 2.05) is 12.1 Å². The summed E-state index contributed by atoms with van der Waals surface area (Å²) < 4.78 is 0.989. The van der Waals surface area contributed by atoms with Gasteiger partial charge in [0.25, 0.3) is 0 Å². The lowest BCUT2D eigenvalue weighted by Crippen LogP contribution is -2.15. The van der Waals surface area contributed by atoms with Crippen molar-refractivity contribution in [1.29, 1.82) is 0 Å². The highest BCUT2D eigenvalue weighted by Gasteiger charge is 2.15. The van der Waals surface area contributed by atoms with Gasteiger partial charge < -0.3 is 5.11 Å². The molecule has 1 N–H and O–H groups in total. The summed E-state index contributed by atoms with van der Waals surface area (Å²) in [5.74, 6) is 0.853. The lowest BCUT2D eigenvalue weighted by atomic mass is 9.85. The monoisotopic (exact) mass is 311 g/mol. The predicted octanol–water partition coefficient (Wildman–Crippen LogP) is 4.11. The molecule has 0 radical (unpaired) electrons. The third kappa shape index (κ3) is 4.69. The first-order valence-corrected chi connectivity index (χ1v) is 7.82. The quantitative estimate of drug-likeness (QED) is 0.887. The molecular weight excluding hydrogens is 290 g/mol. The van der Waals surface area contributed by atoms with Crippen LogP contribution in [-0.2, 0) is 6.42 Å². The van der Waals surface area contributed by atoms with Crippen LogP contribution in [0.4, 0.5) is 0 Å². The Balaban J connectivity index is 1.71. The van der Waals surface area contributed by atoms with Crippen LogP contribution in [0.2, 0.25) is 0 Å². The van der Waals surface area contributed by atoms with Crippen molar-refractivity contribution in [2.45, 2.75) is 57.5 Å². The van der Waals surface area contributed by atoms with E-state index in [0.717, 1.165) is 22.5 Å². The molecule has 0 saturated heterocycles. The van der Waals surface area contributed by atoms with Crippen LogP contribution in [0, 0.1) is 5.92 Å². The summed E-state index contributed by atoms with van der Waals surface area (Å²) in [7, 11) is 0. The number of aliphatic hydroxyl groups excluding tert-OH is 1. The molecule has 1 unspecified atom stereocenters. The third-order valence-corrected chi connectivity index (χ3v) is 4.34. The fourth-order valence-electron chi connectivity index (χ4n) is 2.77. The van der Waals surface area contributed by atoms with Crippen molar-refractivity contribution in [3.8, 4) is 0 Å². The molecule has 1 aliphatic carbocycles. The zero-order valence-electron chi connectivity index (χ0n) is 10.8. The Hall–Kier alpha value is -0.410. The molecule has 1 aromatic rings. The highest BCUT2D eigenvalue weighted by Crippen LogP contribution is 2.28. The maximum Gasteiger partial charge on any atom is 0.0595 e. The lowest BCUT2D eigenvalue weighted by Gasteiger charge is -2.22. The van der Waals surface area contributed by atoms with E-state index in [2.05, 4.69) is 20.9 Å². The van der Waals surface area contributed by atoms with Crippen molar-refractivity contribution in [3.63, 3.8) is 0 Å². The zero-order valence-corrected chi connectivity index (χ0v) is 12.4. The minimum Gasteiger partial charge on any atom is -0.393 e. The molecule has 100 valence electrons. The number of hydrogen-bond acceptors (Lipinski definition) is 2. The minimum absolute atomic E-state index is 0.236. The summed E-state index contributed by atoms with van der Waals surface area (Å²) in [4.78, 5) is 4.31. The first-order valence-electron chi connectivity index (χ1n) is 7.02. The Morgan fingerprint density at radius 2 is 2.06 bits per heavy atom. The largest absolute Gasteiger partial charge is 0.393 e. The van der Waals surface area contributed by atoms with Crippen LogP contribution in [0.1, 0.15) is 50.6 Å². The SMILES string of the molecule is OC(CCC1CCCCC1)Cc1ccc(Br)cn1. The van der Waals surface area contributed by atoms with Crippen molar-refractivity contribution in [2.24, 2.45) is 5.92 Å². The van der Waals surface area contributed by atoms with Crippen molar-refractivity contribution in [1.82, 2.24) is 4.98 Å². The molecule has 3 heteroatoms. The van der Waals surface area contributed by atoms with Crippen LogP contribution in [0.25, 0.3) is 0 Å². The Morgan fingerprint density at radius 3 is 2.72 bits per heavy atom. The molecule has 0 spiro atoms. The molecule has 1 saturated carbocycles. The van der Waals surface area contributed by atoms with E-state index in [9.17, 15) is 5.11 Å². The van der Waals surface area contributed by atoms with Gasteiger partial charge in [-0.25, -0.2) is 0 Å². The number of aliphatic hydroxyl groups is 1. The summed E-state index contributed by atoms with van der Waals surface area (Å²) in [6.07, 6.45) is 11.2. The van der Waals surface area contributed by atoms with E-state index in [1.54, 1.807) is 6.20 Å². The van der Waals surface area contributed by atoms with E-state index in [1.165, 1.54) is 38.5 Å². The van der Waals surface area contributed by atoms with Crippen molar-refractivity contribution < 1.29 is 5.11 Å². The van der Waals surface area contributed by atoms with Gasteiger partial charge in [-0.05, 0) is 46.8 Å². The van der Waals surface area contributed by atoms with Gasteiger partial charge >= 0.3 is 0 Å². The average molecular weight is 312 g/mol. The van der Waals surface area contributed by atoms with Gasteiger partial charge in [0.1, 0.15) is 0 Å². The highest BCUT2D eigenvalue weighted by atomic mass is 79.9. The van der Waals surface area contributed by atoms with Crippen molar-refractivity contribution in [2.75, 3.05) is 0 Å². The van der Waals surface area contributed by atoms with Crippen LogP contribution >= 0.6 is 15.9 Å². The smallest absolute Gasteiger partial charge is 0.0595 e. The number of rotatable bonds is 5. The molecule has 2 nitrogen and oxygen atoms in total. The van der Waals surface area contributed by atoms with Gasteiger partial charge in [0.2, 0.25) is 0 Å². The van der Waals surface area contributed by atoms with Crippen LogP contribution in [0.3, 0.4) is 0 Å². The number of pyridine rings is 1. The molecule has 0 aliphatic heterocycles. The second-order valence-corrected chi connectivity index (χ2v) is 6.32. The molecule has 1 heterocycles. The molecule has 1 fully saturated rings. The highest BCUT2D eigenvalue weighted by molar-refractivity contribution is 9.10. The Morgan fingerprint density at radius 1 is 1.28 bits per heavy atom. The fourth-order valence-corrected chi connectivity index (χ4v) is 3.01.